The Morgan fingerprint density at radius 3 is 1.78 bits per heavy atom. The van der Waals surface area contributed by atoms with Crippen molar-refractivity contribution in [1.82, 2.24) is 0 Å². The van der Waals surface area contributed by atoms with E-state index in [2.05, 4.69) is 13.8 Å². The first kappa shape index (κ1) is 22.3. The van der Waals surface area contributed by atoms with E-state index in [1.807, 2.05) is 6.92 Å². The lowest BCUT2D eigenvalue weighted by atomic mass is 10.2. The van der Waals surface area contributed by atoms with Gasteiger partial charge >= 0.3 is 5.97 Å². The van der Waals surface area contributed by atoms with E-state index >= 15 is 0 Å². The molecule has 0 radical (unpaired) electrons. The number of unbranched alkanes of at least 4 members (excludes halogenated alkanes) is 3. The highest BCUT2D eigenvalue weighted by atomic mass is 17.3. The normalized spacial score (nSPS) is 11.7. The first-order valence-corrected chi connectivity index (χ1v) is 8.84. The molecule has 23 heavy (non-hydrogen) atoms. The molecule has 6 nitrogen and oxygen atoms in total. The first-order valence-electron chi connectivity index (χ1n) is 8.84. The predicted molar refractivity (Wildman–Crippen MR) is 87.4 cm³/mol. The van der Waals surface area contributed by atoms with Gasteiger partial charge < -0.3 is 4.74 Å². The van der Waals surface area contributed by atoms with E-state index in [4.69, 9.17) is 24.3 Å². The van der Waals surface area contributed by atoms with E-state index in [0.717, 1.165) is 38.5 Å². The van der Waals surface area contributed by atoms with Crippen LogP contribution < -0.4 is 0 Å². The predicted octanol–water partition coefficient (Wildman–Crippen LogP) is 4.32. The van der Waals surface area contributed by atoms with Crippen molar-refractivity contribution in [3.05, 3.63) is 0 Å². The minimum absolute atomic E-state index is 0.189. The number of hydrogen-bond acceptors (Lipinski definition) is 6. The van der Waals surface area contributed by atoms with Crippen molar-refractivity contribution in [2.75, 3.05) is 19.8 Å². The van der Waals surface area contributed by atoms with Gasteiger partial charge in [0.05, 0.1) is 26.2 Å². The summed E-state index contributed by atoms with van der Waals surface area (Å²) in [7, 11) is 0. The molecule has 0 saturated carbocycles. The lowest BCUT2D eigenvalue weighted by Crippen LogP contribution is -2.34. The Balaban J connectivity index is 4.19. The van der Waals surface area contributed by atoms with Crippen molar-refractivity contribution < 1.29 is 29.1 Å². The number of carbonyl (C=O) groups is 1. The minimum atomic E-state index is -1.12. The molecule has 0 N–H and O–H groups in total. The average molecular weight is 334 g/mol. The average Bonchev–Trinajstić information content (AvgIpc) is 2.54. The molecule has 0 aromatic heterocycles. The second-order valence-corrected chi connectivity index (χ2v) is 5.73. The first-order chi connectivity index (χ1) is 11.1. The number of hydrogen-bond donors (Lipinski definition) is 0. The fraction of sp³-hybridized carbons (Fsp3) is 0.941. The molecular weight excluding hydrogens is 300 g/mol. The topological polar surface area (TPSA) is 63.2 Å². The van der Waals surface area contributed by atoms with Gasteiger partial charge in [-0.25, -0.2) is 9.78 Å². The molecule has 0 fully saturated rings. The maximum absolute atomic E-state index is 11.7. The quantitative estimate of drug-likeness (QED) is 0.138. The van der Waals surface area contributed by atoms with Crippen LogP contribution in [0, 0.1) is 0 Å². The summed E-state index contributed by atoms with van der Waals surface area (Å²) in [4.78, 5) is 32.7. The molecule has 0 aliphatic carbocycles. The summed E-state index contributed by atoms with van der Waals surface area (Å²) in [6.45, 7) is 9.29. The molecule has 6 heteroatoms. The summed E-state index contributed by atoms with van der Waals surface area (Å²) in [6, 6.07) is 0. The van der Waals surface area contributed by atoms with Crippen LogP contribution in [0.1, 0.15) is 79.1 Å². The summed E-state index contributed by atoms with van der Waals surface area (Å²) < 4.78 is 5.13. The molecule has 138 valence electrons. The van der Waals surface area contributed by atoms with Gasteiger partial charge in [0.2, 0.25) is 5.79 Å². The second-order valence-electron chi connectivity index (χ2n) is 5.73. The van der Waals surface area contributed by atoms with Crippen LogP contribution in [0.4, 0.5) is 0 Å². The van der Waals surface area contributed by atoms with E-state index in [-0.39, 0.29) is 12.4 Å². The van der Waals surface area contributed by atoms with Crippen molar-refractivity contribution >= 4 is 5.97 Å². The third-order valence-electron chi connectivity index (χ3n) is 3.18. The standard InChI is InChI=1S/C17H34O6/c1-5-8-13-19-16(18)11-12-17(4,22-20-14-9-6-2)23-21-15-10-7-3/h5-15H2,1-4H3. The molecule has 0 amide bonds. The molecule has 0 heterocycles. The van der Waals surface area contributed by atoms with Crippen LogP contribution in [-0.2, 0) is 29.1 Å². The van der Waals surface area contributed by atoms with E-state index in [9.17, 15) is 4.79 Å². The van der Waals surface area contributed by atoms with Gasteiger partial charge in [0.15, 0.2) is 0 Å². The van der Waals surface area contributed by atoms with E-state index < -0.39 is 5.79 Å². The van der Waals surface area contributed by atoms with Gasteiger partial charge in [-0.15, -0.1) is 0 Å². The summed E-state index contributed by atoms with van der Waals surface area (Å²) >= 11 is 0. The zero-order chi connectivity index (χ0) is 17.4. The molecular formula is C17H34O6. The van der Waals surface area contributed by atoms with Gasteiger partial charge in [-0.1, -0.05) is 40.0 Å². The summed E-state index contributed by atoms with van der Waals surface area (Å²) in [5, 5.41) is 0. The SMILES string of the molecule is CCCCOOC(C)(CCC(=O)OCCCC)OOCCCC. The van der Waals surface area contributed by atoms with Gasteiger partial charge in [0.1, 0.15) is 0 Å². The summed E-state index contributed by atoms with van der Waals surface area (Å²) in [5.41, 5.74) is 0. The molecule has 0 aliphatic heterocycles. The Morgan fingerprint density at radius 2 is 1.30 bits per heavy atom. The number of rotatable bonds is 16. The highest BCUT2D eigenvalue weighted by Crippen LogP contribution is 2.21. The van der Waals surface area contributed by atoms with E-state index in [1.54, 1.807) is 6.92 Å². The fourth-order valence-electron chi connectivity index (χ4n) is 1.57. The van der Waals surface area contributed by atoms with Crippen molar-refractivity contribution in [3.63, 3.8) is 0 Å². The Bertz CT molecular complexity index is 270. The van der Waals surface area contributed by atoms with Crippen LogP contribution in [0.3, 0.4) is 0 Å². The van der Waals surface area contributed by atoms with Crippen LogP contribution in [0.2, 0.25) is 0 Å². The third-order valence-corrected chi connectivity index (χ3v) is 3.18. The van der Waals surface area contributed by atoms with Crippen LogP contribution >= 0.6 is 0 Å². The summed E-state index contributed by atoms with van der Waals surface area (Å²) in [6.07, 6.45) is 6.17. The summed E-state index contributed by atoms with van der Waals surface area (Å²) in [5.74, 6) is -1.38. The highest BCUT2D eigenvalue weighted by molar-refractivity contribution is 5.69. The number of ether oxygens (including phenoxy) is 1. The van der Waals surface area contributed by atoms with Crippen LogP contribution in [-0.4, -0.2) is 31.6 Å². The van der Waals surface area contributed by atoms with Crippen molar-refractivity contribution in [2.24, 2.45) is 0 Å². The number of esters is 1. The molecule has 0 saturated heterocycles. The molecule has 0 spiro atoms. The fourth-order valence-corrected chi connectivity index (χ4v) is 1.57. The third kappa shape index (κ3) is 13.4. The van der Waals surface area contributed by atoms with Gasteiger partial charge in [-0.2, -0.15) is 9.78 Å². The maximum atomic E-state index is 11.7. The molecule has 0 rings (SSSR count). The van der Waals surface area contributed by atoms with Gasteiger partial charge in [-0.3, -0.25) is 4.79 Å². The zero-order valence-corrected chi connectivity index (χ0v) is 15.2. The van der Waals surface area contributed by atoms with Crippen LogP contribution in [0.25, 0.3) is 0 Å². The van der Waals surface area contributed by atoms with Gasteiger partial charge in [0.25, 0.3) is 0 Å². The maximum Gasteiger partial charge on any atom is 0.305 e. The number of carbonyl (C=O) groups excluding carboxylic acids is 1. The van der Waals surface area contributed by atoms with E-state index in [1.165, 1.54) is 0 Å². The van der Waals surface area contributed by atoms with Crippen molar-refractivity contribution in [3.8, 4) is 0 Å². The zero-order valence-electron chi connectivity index (χ0n) is 15.2. The molecule has 0 unspecified atom stereocenters. The molecule has 0 bridgehead atoms. The van der Waals surface area contributed by atoms with Crippen molar-refractivity contribution in [2.45, 2.75) is 84.8 Å². The molecule has 0 aromatic carbocycles. The Labute approximate surface area is 140 Å². The van der Waals surface area contributed by atoms with Crippen LogP contribution in [0.15, 0.2) is 0 Å². The molecule has 0 aromatic rings. The molecule has 0 atom stereocenters. The highest BCUT2D eigenvalue weighted by Gasteiger charge is 2.31. The Kier molecular flexibility index (Phi) is 14.4. The van der Waals surface area contributed by atoms with Gasteiger partial charge in [0, 0.05) is 6.42 Å². The Morgan fingerprint density at radius 1 is 0.826 bits per heavy atom. The van der Waals surface area contributed by atoms with E-state index in [0.29, 0.717) is 26.2 Å². The Hall–Kier alpha value is -0.690. The lowest BCUT2D eigenvalue weighted by molar-refractivity contribution is -0.507. The largest absolute Gasteiger partial charge is 0.466 e. The molecule has 0 aliphatic rings. The van der Waals surface area contributed by atoms with Crippen molar-refractivity contribution in [1.29, 1.82) is 0 Å². The second kappa shape index (κ2) is 14.9. The van der Waals surface area contributed by atoms with Crippen LogP contribution in [0.5, 0.6) is 0 Å². The minimum Gasteiger partial charge on any atom is -0.466 e. The van der Waals surface area contributed by atoms with Gasteiger partial charge in [-0.05, 0) is 26.2 Å². The lowest BCUT2D eigenvalue weighted by Gasteiger charge is -2.26. The monoisotopic (exact) mass is 334 g/mol. The smallest absolute Gasteiger partial charge is 0.305 e.